The molecule has 1 aromatic rings. The molecular formula is C13H19FN2O3. The summed E-state index contributed by atoms with van der Waals surface area (Å²) in [5.74, 6) is -0.318. The number of urea groups is 1. The summed E-state index contributed by atoms with van der Waals surface area (Å²) in [6, 6.07) is 5.21. The molecule has 3 N–H and O–H groups in total. The van der Waals surface area contributed by atoms with Crippen molar-refractivity contribution < 1.29 is 19.0 Å². The Hall–Kier alpha value is -1.66. The van der Waals surface area contributed by atoms with E-state index in [1.54, 1.807) is 19.1 Å². The summed E-state index contributed by atoms with van der Waals surface area (Å²) < 4.78 is 18.0. The fraction of sp³-hybridized carbons (Fsp3) is 0.462. The van der Waals surface area contributed by atoms with Crippen molar-refractivity contribution in [2.45, 2.75) is 19.1 Å². The van der Waals surface area contributed by atoms with Gasteiger partial charge >= 0.3 is 6.03 Å². The Bertz CT molecular complexity index is 397. The van der Waals surface area contributed by atoms with Crippen molar-refractivity contribution >= 4 is 6.03 Å². The molecule has 0 fully saturated rings. The topological polar surface area (TPSA) is 70.6 Å². The van der Waals surface area contributed by atoms with E-state index in [1.165, 1.54) is 19.2 Å². The van der Waals surface area contributed by atoms with Crippen LogP contribution in [0.15, 0.2) is 24.3 Å². The second kappa shape index (κ2) is 7.70. The number of halogens is 1. The Balaban J connectivity index is 2.49. The van der Waals surface area contributed by atoms with E-state index < -0.39 is 0 Å². The van der Waals surface area contributed by atoms with Crippen molar-refractivity contribution in [2.75, 3.05) is 20.3 Å². The summed E-state index contributed by atoms with van der Waals surface area (Å²) in [5, 5.41) is 14.0. The fourth-order valence-corrected chi connectivity index (χ4v) is 1.52. The summed E-state index contributed by atoms with van der Waals surface area (Å²) in [6.45, 7) is 1.82. The molecule has 0 radical (unpaired) electrons. The molecule has 1 rings (SSSR count). The van der Waals surface area contributed by atoms with E-state index in [1.807, 2.05) is 0 Å². The Kier molecular flexibility index (Phi) is 6.24. The van der Waals surface area contributed by atoms with Crippen molar-refractivity contribution in [1.82, 2.24) is 10.6 Å². The maximum absolute atomic E-state index is 12.8. The summed E-state index contributed by atoms with van der Waals surface area (Å²) >= 11 is 0. The molecule has 5 nitrogen and oxygen atoms in total. The lowest BCUT2D eigenvalue weighted by Gasteiger charge is -2.18. The highest BCUT2D eigenvalue weighted by Gasteiger charge is 2.13. The van der Waals surface area contributed by atoms with Crippen molar-refractivity contribution in [3.63, 3.8) is 0 Å². The van der Waals surface area contributed by atoms with Gasteiger partial charge in [0.25, 0.3) is 0 Å². The molecule has 2 amide bonds. The molecule has 106 valence electrons. The molecule has 0 aromatic heterocycles. The van der Waals surface area contributed by atoms with Crippen LogP contribution in [0.1, 0.15) is 18.6 Å². The van der Waals surface area contributed by atoms with Gasteiger partial charge in [-0.15, -0.1) is 0 Å². The molecule has 19 heavy (non-hydrogen) atoms. The molecule has 0 saturated carbocycles. The summed E-state index contributed by atoms with van der Waals surface area (Å²) in [7, 11) is 1.52. The van der Waals surface area contributed by atoms with Gasteiger partial charge in [0.2, 0.25) is 0 Å². The SMILES string of the molecule is COC(CNC(=O)NC(C)CO)c1ccc(F)cc1. The summed E-state index contributed by atoms with van der Waals surface area (Å²) in [6.07, 6.45) is -0.351. The normalized spacial score (nSPS) is 13.7. The maximum Gasteiger partial charge on any atom is 0.315 e. The minimum atomic E-state index is -0.384. The lowest BCUT2D eigenvalue weighted by atomic mass is 10.1. The van der Waals surface area contributed by atoms with Crippen LogP contribution >= 0.6 is 0 Å². The third-order valence-corrected chi connectivity index (χ3v) is 2.63. The average molecular weight is 270 g/mol. The number of ether oxygens (including phenoxy) is 1. The molecule has 0 saturated heterocycles. The van der Waals surface area contributed by atoms with Crippen LogP contribution < -0.4 is 10.6 Å². The Labute approximate surface area is 111 Å². The molecule has 0 aliphatic heterocycles. The smallest absolute Gasteiger partial charge is 0.315 e. The van der Waals surface area contributed by atoms with Gasteiger partial charge in [-0.2, -0.15) is 0 Å². The lowest BCUT2D eigenvalue weighted by Crippen LogP contribution is -2.43. The van der Waals surface area contributed by atoms with Crippen molar-refractivity contribution in [1.29, 1.82) is 0 Å². The van der Waals surface area contributed by atoms with Crippen LogP contribution in [0.3, 0.4) is 0 Å². The van der Waals surface area contributed by atoms with E-state index in [4.69, 9.17) is 9.84 Å². The minimum Gasteiger partial charge on any atom is -0.394 e. The number of aliphatic hydroxyl groups excluding tert-OH is 1. The first kappa shape index (κ1) is 15.4. The number of amides is 2. The van der Waals surface area contributed by atoms with E-state index in [2.05, 4.69) is 10.6 Å². The zero-order valence-electron chi connectivity index (χ0n) is 11.0. The van der Waals surface area contributed by atoms with Crippen molar-refractivity contribution in [3.8, 4) is 0 Å². The monoisotopic (exact) mass is 270 g/mol. The van der Waals surface area contributed by atoms with Crippen molar-refractivity contribution in [3.05, 3.63) is 35.6 Å². The van der Waals surface area contributed by atoms with Gasteiger partial charge in [-0.1, -0.05) is 12.1 Å². The zero-order chi connectivity index (χ0) is 14.3. The molecule has 2 atom stereocenters. The number of rotatable bonds is 6. The number of methoxy groups -OCH3 is 1. The van der Waals surface area contributed by atoms with Gasteiger partial charge in [-0.05, 0) is 24.6 Å². The van der Waals surface area contributed by atoms with E-state index in [-0.39, 0.29) is 37.1 Å². The van der Waals surface area contributed by atoms with Gasteiger partial charge in [0.15, 0.2) is 0 Å². The van der Waals surface area contributed by atoms with E-state index in [0.29, 0.717) is 0 Å². The van der Waals surface area contributed by atoms with Crippen LogP contribution in [-0.2, 0) is 4.74 Å². The summed E-state index contributed by atoms with van der Waals surface area (Å²) in [5.41, 5.74) is 0.777. The number of benzene rings is 1. The first-order valence-electron chi connectivity index (χ1n) is 6.00. The predicted molar refractivity (Wildman–Crippen MR) is 69.2 cm³/mol. The number of hydrogen-bond acceptors (Lipinski definition) is 3. The quantitative estimate of drug-likeness (QED) is 0.727. The van der Waals surface area contributed by atoms with Gasteiger partial charge in [-0.3, -0.25) is 0 Å². The standard InChI is InChI=1S/C13H19FN2O3/c1-9(8-17)16-13(18)15-7-12(19-2)10-3-5-11(14)6-4-10/h3-6,9,12,17H,7-8H2,1-2H3,(H2,15,16,18). The third-order valence-electron chi connectivity index (χ3n) is 2.63. The fourth-order valence-electron chi connectivity index (χ4n) is 1.52. The average Bonchev–Trinajstić information content (AvgIpc) is 2.41. The second-order valence-electron chi connectivity index (χ2n) is 4.21. The molecule has 6 heteroatoms. The number of carbonyl (C=O) groups is 1. The number of carbonyl (C=O) groups excluding carboxylic acids is 1. The highest BCUT2D eigenvalue weighted by atomic mass is 19.1. The van der Waals surface area contributed by atoms with Crippen LogP contribution in [0.25, 0.3) is 0 Å². The first-order valence-corrected chi connectivity index (χ1v) is 6.00. The molecule has 0 bridgehead atoms. The second-order valence-corrected chi connectivity index (χ2v) is 4.21. The van der Waals surface area contributed by atoms with Gasteiger partial charge in [0, 0.05) is 13.7 Å². The number of nitrogens with one attached hydrogen (secondary N) is 2. The van der Waals surface area contributed by atoms with E-state index in [0.717, 1.165) is 5.56 Å². The van der Waals surface area contributed by atoms with Gasteiger partial charge in [-0.25, -0.2) is 9.18 Å². The molecule has 0 aliphatic rings. The van der Waals surface area contributed by atoms with Gasteiger partial charge in [0.05, 0.1) is 18.8 Å². The number of aliphatic hydroxyl groups is 1. The Morgan fingerprint density at radius 1 is 1.42 bits per heavy atom. The minimum absolute atomic E-state index is 0.126. The van der Waals surface area contributed by atoms with E-state index in [9.17, 15) is 9.18 Å². The van der Waals surface area contributed by atoms with Crippen molar-refractivity contribution in [2.24, 2.45) is 0 Å². The van der Waals surface area contributed by atoms with Gasteiger partial charge in [0.1, 0.15) is 5.82 Å². The van der Waals surface area contributed by atoms with E-state index >= 15 is 0 Å². The highest BCUT2D eigenvalue weighted by molar-refractivity contribution is 5.74. The van der Waals surface area contributed by atoms with Crippen LogP contribution in [0.4, 0.5) is 9.18 Å². The van der Waals surface area contributed by atoms with Crippen LogP contribution in [0.5, 0.6) is 0 Å². The molecular weight excluding hydrogens is 251 g/mol. The molecule has 0 heterocycles. The molecule has 2 unspecified atom stereocenters. The Morgan fingerprint density at radius 3 is 2.58 bits per heavy atom. The lowest BCUT2D eigenvalue weighted by molar-refractivity contribution is 0.103. The Morgan fingerprint density at radius 2 is 2.05 bits per heavy atom. The van der Waals surface area contributed by atoms with Crippen LogP contribution in [0.2, 0.25) is 0 Å². The summed E-state index contributed by atoms with van der Waals surface area (Å²) in [4.78, 5) is 11.5. The zero-order valence-corrected chi connectivity index (χ0v) is 11.0. The van der Waals surface area contributed by atoms with Crippen LogP contribution in [0, 0.1) is 5.82 Å². The highest BCUT2D eigenvalue weighted by Crippen LogP contribution is 2.15. The van der Waals surface area contributed by atoms with Gasteiger partial charge < -0.3 is 20.5 Å². The third kappa shape index (κ3) is 5.23. The maximum atomic E-state index is 12.8. The number of hydrogen-bond donors (Lipinski definition) is 3. The predicted octanol–water partition coefficient (Wildman–Crippen LogP) is 1.19. The van der Waals surface area contributed by atoms with Crippen LogP contribution in [-0.4, -0.2) is 37.4 Å². The molecule has 0 spiro atoms. The molecule has 1 aromatic carbocycles. The molecule has 0 aliphatic carbocycles. The first-order chi connectivity index (χ1) is 9.06. The largest absolute Gasteiger partial charge is 0.394 e.